The molecule has 0 saturated carbocycles. The number of hydrogen-bond acceptors (Lipinski definition) is 6. The second kappa shape index (κ2) is 18.7. The molecule has 0 heterocycles. The molecular formula is C31H10F28O10. The van der Waals surface area contributed by atoms with Crippen LogP contribution in [-0.4, -0.2) is 110 Å². The van der Waals surface area contributed by atoms with Gasteiger partial charge in [-0.3, -0.25) is 0 Å². The third-order valence-corrected chi connectivity index (χ3v) is 7.58. The lowest BCUT2D eigenvalue weighted by Crippen LogP contribution is -2.72. The molecule has 390 valence electrons. The Morgan fingerprint density at radius 1 is 0.319 bits per heavy atom. The van der Waals surface area contributed by atoms with Crippen molar-refractivity contribution in [3.63, 3.8) is 0 Å². The van der Waals surface area contributed by atoms with Crippen molar-refractivity contribution in [2.45, 2.75) is 65.7 Å². The van der Waals surface area contributed by atoms with E-state index in [1.807, 2.05) is 0 Å². The van der Waals surface area contributed by atoms with E-state index in [1.165, 1.54) is 0 Å². The molecule has 0 radical (unpaired) electrons. The molecule has 69 heavy (non-hydrogen) atoms. The summed E-state index contributed by atoms with van der Waals surface area (Å²) in [6, 6.07) is -6.33. The molecule has 2 aromatic carbocycles. The summed E-state index contributed by atoms with van der Waals surface area (Å²) in [5.41, 5.74) is -4.46. The molecule has 2 rings (SSSR count). The van der Waals surface area contributed by atoms with Crippen molar-refractivity contribution in [3.8, 4) is 11.5 Å². The van der Waals surface area contributed by atoms with E-state index in [-0.39, 0.29) is 30.3 Å². The van der Waals surface area contributed by atoms with Gasteiger partial charge in [0, 0.05) is 0 Å². The van der Waals surface area contributed by atoms with E-state index >= 15 is 0 Å². The maximum atomic E-state index is 13.8. The molecule has 0 aromatic heterocycles. The van der Waals surface area contributed by atoms with Gasteiger partial charge in [-0.2, -0.15) is 123 Å². The normalized spacial score (nSPS) is 14.7. The van der Waals surface area contributed by atoms with Crippen LogP contribution in [0.25, 0.3) is 0 Å². The van der Waals surface area contributed by atoms with E-state index < -0.39 is 147 Å². The second-order valence-corrected chi connectivity index (χ2v) is 12.3. The van der Waals surface area contributed by atoms with Crippen molar-refractivity contribution >= 4 is 23.9 Å². The molecule has 0 aliphatic heterocycles. The summed E-state index contributed by atoms with van der Waals surface area (Å²) in [6.45, 7) is 0. The van der Waals surface area contributed by atoms with Crippen LogP contribution in [0.4, 0.5) is 123 Å². The van der Waals surface area contributed by atoms with Gasteiger partial charge >= 0.3 is 102 Å². The zero-order valence-corrected chi connectivity index (χ0v) is 30.8. The molecule has 0 atom stereocenters. The van der Waals surface area contributed by atoms with E-state index in [4.69, 9.17) is 20.4 Å². The molecule has 0 fully saturated rings. The lowest BCUT2D eigenvalue weighted by Gasteiger charge is -2.41. The predicted octanol–water partition coefficient (Wildman–Crippen LogP) is 12.0. The summed E-state index contributed by atoms with van der Waals surface area (Å²) < 4.78 is 372. The van der Waals surface area contributed by atoms with Crippen molar-refractivity contribution in [1.82, 2.24) is 0 Å². The number of carbonyl (C=O) groups is 4. The molecule has 4 N–H and O–H groups in total. The van der Waals surface area contributed by atoms with Gasteiger partial charge < -0.3 is 29.9 Å². The Labute approximate surface area is 356 Å². The highest BCUT2D eigenvalue weighted by Crippen LogP contribution is 2.63. The van der Waals surface area contributed by atoms with Gasteiger partial charge in [-0.15, -0.1) is 0 Å². The number of alkyl halides is 24. The number of halogens is 28. The predicted molar refractivity (Wildman–Crippen MR) is 157 cm³/mol. The first-order valence-corrected chi connectivity index (χ1v) is 15.5. The van der Waals surface area contributed by atoms with Crippen molar-refractivity contribution in [2.24, 2.45) is 0 Å². The van der Waals surface area contributed by atoms with E-state index in [0.29, 0.717) is 6.07 Å². The van der Waals surface area contributed by atoms with Crippen LogP contribution in [0.15, 0.2) is 60.1 Å². The molecule has 38 heteroatoms. The Morgan fingerprint density at radius 2 is 0.507 bits per heavy atom. The number of ether oxygens (including phenoxy) is 2. The van der Waals surface area contributed by atoms with Crippen LogP contribution in [0.2, 0.25) is 0 Å². The quantitative estimate of drug-likeness (QED) is 0.0884. The van der Waals surface area contributed by atoms with E-state index in [9.17, 15) is 142 Å². The molecule has 0 bridgehead atoms. The smallest absolute Gasteiger partial charge is 0.460 e. The average molecular weight is 1070 g/mol. The summed E-state index contributed by atoms with van der Waals surface area (Å²) in [5, 5.41) is 34.9. The van der Waals surface area contributed by atoms with Crippen LogP contribution in [-0.2, 0) is 0 Å². The Balaban J connectivity index is 0.000000714. The van der Waals surface area contributed by atoms with Gasteiger partial charge in [-0.25, -0.2) is 19.2 Å². The largest absolute Gasteiger partial charge is 0.478 e. The molecule has 0 saturated heterocycles. The maximum absolute atomic E-state index is 13.8. The highest BCUT2D eigenvalue weighted by Gasteiger charge is 2.94. The topological polar surface area (TPSA) is 168 Å². The summed E-state index contributed by atoms with van der Waals surface area (Å²) in [6.07, 6.45) is -15.2. The standard InChI is InChI=1S/C17H5F17O5.C14H5F11O5/c18-7(8(19)39-6-2-4(9(35)36)1-5(3-6)10(37)38)11(20,21)12(22,23)13(24,25)14(26,27)15(28,29)16(30,31)17(32,33)34;15-7(11(17,18)12(19,20)13(21,22)14(23,24)25)8(16)30-6-2-4(9(26)27)1-5(3-6)10(28)29/h1-3H,(H,35,36)(H,37,38);1-3H,(H,26,27)(H,28,29). The monoisotopic (exact) mass is 1070 g/mol. The van der Waals surface area contributed by atoms with Crippen LogP contribution < -0.4 is 9.47 Å². The van der Waals surface area contributed by atoms with Crippen molar-refractivity contribution in [1.29, 1.82) is 0 Å². The van der Waals surface area contributed by atoms with Gasteiger partial charge in [0.25, 0.3) is 0 Å². The van der Waals surface area contributed by atoms with Crippen LogP contribution >= 0.6 is 0 Å². The zero-order valence-electron chi connectivity index (χ0n) is 30.8. The number of aromatic carboxylic acids is 4. The Hall–Kier alpha value is -6.56. The fourth-order valence-corrected chi connectivity index (χ4v) is 3.97. The van der Waals surface area contributed by atoms with Crippen molar-refractivity contribution < 1.29 is 172 Å². The third kappa shape index (κ3) is 10.7. The fraction of sp³-hybridized carbons (Fsp3) is 0.355. The lowest BCUT2D eigenvalue weighted by atomic mass is 9.91. The first-order chi connectivity index (χ1) is 30.3. The SMILES string of the molecule is O=C(O)c1cc(OC(F)=C(F)C(F)(F)C(F)(F)C(F)(F)C(F)(F)C(F)(F)C(F)(F)C(F)(F)F)cc(C(=O)O)c1.O=C(O)c1cc(OC(F)=C(F)C(F)(F)C(F)(F)C(F)(F)C(F)(F)F)cc(C(=O)O)c1. The van der Waals surface area contributed by atoms with Gasteiger partial charge in [-0.05, 0) is 36.4 Å². The Kier molecular flexibility index (Phi) is 16.4. The zero-order chi connectivity index (χ0) is 55.2. The van der Waals surface area contributed by atoms with Gasteiger partial charge in [0.1, 0.15) is 11.5 Å². The van der Waals surface area contributed by atoms with Gasteiger partial charge in [-0.1, -0.05) is 0 Å². The molecule has 0 aliphatic carbocycles. The number of benzene rings is 2. The highest BCUT2D eigenvalue weighted by molar-refractivity contribution is 5.95. The summed E-state index contributed by atoms with van der Waals surface area (Å²) >= 11 is 0. The minimum atomic E-state index is -8.75. The molecule has 0 amide bonds. The fourth-order valence-electron chi connectivity index (χ4n) is 3.97. The van der Waals surface area contributed by atoms with E-state index in [0.717, 1.165) is 0 Å². The minimum Gasteiger partial charge on any atom is -0.478 e. The highest BCUT2D eigenvalue weighted by atomic mass is 19.4. The molecule has 0 unspecified atom stereocenters. The Morgan fingerprint density at radius 3 is 0.725 bits per heavy atom. The molecule has 0 aliphatic rings. The summed E-state index contributed by atoms with van der Waals surface area (Å²) in [7, 11) is 0. The van der Waals surface area contributed by atoms with Crippen LogP contribution in [0.3, 0.4) is 0 Å². The summed E-state index contributed by atoms with van der Waals surface area (Å²) in [5.74, 6) is -92.7. The van der Waals surface area contributed by atoms with Crippen molar-refractivity contribution in [2.75, 3.05) is 0 Å². The lowest BCUT2D eigenvalue weighted by molar-refractivity contribution is -0.451. The van der Waals surface area contributed by atoms with Crippen molar-refractivity contribution in [3.05, 3.63) is 82.3 Å². The number of allylic oxidation sites excluding steroid dienone is 2. The number of carboxylic acids is 4. The Bertz CT molecular complexity index is 2320. The maximum Gasteiger partial charge on any atom is 0.460 e. The van der Waals surface area contributed by atoms with Gasteiger partial charge in [0.2, 0.25) is 11.7 Å². The van der Waals surface area contributed by atoms with Crippen LogP contribution in [0.1, 0.15) is 41.4 Å². The molecule has 0 spiro atoms. The number of rotatable bonds is 17. The number of carboxylic acid groups (broad SMARTS) is 4. The minimum absolute atomic E-state index is 0.0273. The first-order valence-electron chi connectivity index (χ1n) is 15.5. The first kappa shape index (κ1) is 60.5. The van der Waals surface area contributed by atoms with Gasteiger partial charge in [0.05, 0.1) is 22.3 Å². The summed E-state index contributed by atoms with van der Waals surface area (Å²) in [4.78, 5) is 43.3. The van der Waals surface area contributed by atoms with E-state index in [2.05, 4.69) is 9.47 Å². The molecule has 2 aromatic rings. The average Bonchev–Trinajstić information content (AvgIpc) is 3.18. The second-order valence-electron chi connectivity index (χ2n) is 12.3. The molecule has 10 nitrogen and oxygen atoms in total. The van der Waals surface area contributed by atoms with Crippen LogP contribution in [0.5, 0.6) is 11.5 Å². The van der Waals surface area contributed by atoms with Crippen LogP contribution in [0, 0.1) is 0 Å². The third-order valence-electron chi connectivity index (χ3n) is 7.58. The van der Waals surface area contributed by atoms with Gasteiger partial charge in [0.15, 0.2) is 0 Å². The number of hydrogen-bond donors (Lipinski definition) is 4. The van der Waals surface area contributed by atoms with E-state index in [1.54, 1.807) is 0 Å². The molecular weight excluding hydrogens is 1060 g/mol.